The Morgan fingerprint density at radius 3 is 2.59 bits per heavy atom. The van der Waals surface area contributed by atoms with Gasteiger partial charge in [0.1, 0.15) is 16.5 Å². The summed E-state index contributed by atoms with van der Waals surface area (Å²) in [6, 6.07) is 11.5. The number of nitrogens with one attached hydrogen (secondary N) is 1. The molecule has 1 N–H and O–H groups in total. The predicted molar refractivity (Wildman–Crippen MR) is 123 cm³/mol. The first-order valence-corrected chi connectivity index (χ1v) is 12.4. The fraction of sp³-hybridized carbons (Fsp3) is 0.238. The fourth-order valence-electron chi connectivity index (χ4n) is 3.17. The standard InChI is InChI=1S/C21H20ClN3O5S2/c1-29-19-7-6-16(32(27,28)25-8-10-30-11-9-25)12-17(19)23-20(26)18-13-31-21(24-18)14-2-4-15(22)5-3-14/h2-7,12-13H,8-11H2,1H3,(H,23,26). The molecule has 2 heterocycles. The minimum Gasteiger partial charge on any atom is -0.495 e. The quantitative estimate of drug-likeness (QED) is 0.561. The SMILES string of the molecule is COc1ccc(S(=O)(=O)N2CCOCC2)cc1NC(=O)c1csc(-c2ccc(Cl)cc2)n1. The van der Waals surface area contributed by atoms with Crippen molar-refractivity contribution in [3.63, 3.8) is 0 Å². The topological polar surface area (TPSA) is 97.8 Å². The zero-order chi connectivity index (χ0) is 22.7. The highest BCUT2D eigenvalue weighted by Crippen LogP contribution is 2.30. The number of ether oxygens (including phenoxy) is 2. The maximum absolute atomic E-state index is 13.0. The Morgan fingerprint density at radius 1 is 1.19 bits per heavy atom. The number of carbonyl (C=O) groups is 1. The Labute approximate surface area is 194 Å². The average Bonchev–Trinajstić information content (AvgIpc) is 3.30. The Balaban J connectivity index is 1.57. The number of benzene rings is 2. The van der Waals surface area contributed by atoms with E-state index in [1.165, 1.54) is 41.0 Å². The highest BCUT2D eigenvalue weighted by Gasteiger charge is 2.27. The van der Waals surface area contributed by atoms with Crippen LogP contribution in [0.2, 0.25) is 5.02 Å². The third-order valence-electron chi connectivity index (χ3n) is 4.85. The molecule has 1 aromatic heterocycles. The number of thiazole rings is 1. The van der Waals surface area contributed by atoms with Crippen LogP contribution in [0.4, 0.5) is 5.69 Å². The van der Waals surface area contributed by atoms with Gasteiger partial charge in [-0.1, -0.05) is 23.7 Å². The van der Waals surface area contributed by atoms with Crippen molar-refractivity contribution >= 4 is 44.6 Å². The van der Waals surface area contributed by atoms with Crippen LogP contribution in [0.1, 0.15) is 10.5 Å². The van der Waals surface area contributed by atoms with E-state index in [4.69, 9.17) is 21.1 Å². The van der Waals surface area contributed by atoms with E-state index in [1.54, 1.807) is 17.5 Å². The lowest BCUT2D eigenvalue weighted by Crippen LogP contribution is -2.40. The van der Waals surface area contributed by atoms with Crippen molar-refractivity contribution < 1.29 is 22.7 Å². The molecule has 4 rings (SSSR count). The van der Waals surface area contributed by atoms with E-state index in [9.17, 15) is 13.2 Å². The lowest BCUT2D eigenvalue weighted by atomic mass is 10.2. The first-order chi connectivity index (χ1) is 15.4. The summed E-state index contributed by atoms with van der Waals surface area (Å²) >= 11 is 7.25. The molecule has 1 amide bonds. The molecule has 0 bridgehead atoms. The normalized spacial score (nSPS) is 14.8. The van der Waals surface area contributed by atoms with Gasteiger partial charge in [-0.25, -0.2) is 13.4 Å². The summed E-state index contributed by atoms with van der Waals surface area (Å²) in [5, 5.41) is 5.64. The van der Waals surface area contributed by atoms with E-state index in [2.05, 4.69) is 10.3 Å². The maximum Gasteiger partial charge on any atom is 0.275 e. The van der Waals surface area contributed by atoms with Gasteiger partial charge in [0, 0.05) is 29.1 Å². The first kappa shape index (κ1) is 22.7. The lowest BCUT2D eigenvalue weighted by Gasteiger charge is -2.26. The molecule has 11 heteroatoms. The molecule has 1 aliphatic heterocycles. The molecular weight excluding hydrogens is 474 g/mol. The van der Waals surface area contributed by atoms with Crippen LogP contribution in [-0.4, -0.2) is 57.0 Å². The van der Waals surface area contributed by atoms with Gasteiger partial charge in [-0.2, -0.15) is 4.31 Å². The zero-order valence-corrected chi connectivity index (χ0v) is 19.5. The molecule has 0 atom stereocenters. The van der Waals surface area contributed by atoms with Crippen LogP contribution >= 0.6 is 22.9 Å². The number of anilines is 1. The average molecular weight is 494 g/mol. The largest absolute Gasteiger partial charge is 0.495 e. The van der Waals surface area contributed by atoms with Crippen molar-refractivity contribution in [3.8, 4) is 16.3 Å². The van der Waals surface area contributed by atoms with Crippen LogP contribution in [0.3, 0.4) is 0 Å². The van der Waals surface area contributed by atoms with Gasteiger partial charge >= 0.3 is 0 Å². The molecule has 168 valence electrons. The van der Waals surface area contributed by atoms with Crippen LogP contribution in [0.15, 0.2) is 52.7 Å². The van der Waals surface area contributed by atoms with Crippen molar-refractivity contribution in [2.24, 2.45) is 0 Å². The van der Waals surface area contributed by atoms with Crippen molar-refractivity contribution in [3.05, 3.63) is 58.6 Å². The van der Waals surface area contributed by atoms with E-state index in [0.717, 1.165) is 5.56 Å². The number of amides is 1. The van der Waals surface area contributed by atoms with E-state index >= 15 is 0 Å². The van der Waals surface area contributed by atoms with E-state index in [0.29, 0.717) is 29.0 Å². The van der Waals surface area contributed by atoms with Crippen molar-refractivity contribution in [1.29, 1.82) is 0 Å². The molecule has 1 aliphatic rings. The molecule has 0 unspecified atom stereocenters. The zero-order valence-electron chi connectivity index (χ0n) is 17.1. The Hall–Kier alpha value is -2.50. The van der Waals surface area contributed by atoms with Gasteiger partial charge in [0.25, 0.3) is 5.91 Å². The molecule has 1 saturated heterocycles. The molecule has 32 heavy (non-hydrogen) atoms. The lowest BCUT2D eigenvalue weighted by molar-refractivity contribution is 0.0730. The third-order valence-corrected chi connectivity index (χ3v) is 7.89. The predicted octanol–water partition coefficient (Wildman–Crippen LogP) is 3.75. The van der Waals surface area contributed by atoms with Gasteiger partial charge < -0.3 is 14.8 Å². The number of methoxy groups -OCH3 is 1. The molecule has 2 aromatic carbocycles. The summed E-state index contributed by atoms with van der Waals surface area (Å²) in [7, 11) is -2.28. The molecule has 0 aliphatic carbocycles. The number of aromatic nitrogens is 1. The molecule has 0 radical (unpaired) electrons. The highest BCUT2D eigenvalue weighted by molar-refractivity contribution is 7.89. The molecule has 0 saturated carbocycles. The van der Waals surface area contributed by atoms with Gasteiger partial charge in [0.15, 0.2) is 0 Å². The number of carbonyl (C=O) groups excluding carboxylic acids is 1. The minimum atomic E-state index is -3.72. The second-order valence-corrected chi connectivity index (χ2v) is 10.1. The van der Waals surface area contributed by atoms with E-state index < -0.39 is 15.9 Å². The summed E-state index contributed by atoms with van der Waals surface area (Å²) in [4.78, 5) is 17.3. The summed E-state index contributed by atoms with van der Waals surface area (Å²) < 4.78 is 37.9. The van der Waals surface area contributed by atoms with Crippen LogP contribution in [-0.2, 0) is 14.8 Å². The smallest absolute Gasteiger partial charge is 0.275 e. The van der Waals surface area contributed by atoms with Crippen molar-refractivity contribution in [2.75, 3.05) is 38.7 Å². The molecule has 1 fully saturated rings. The molecule has 0 spiro atoms. The Bertz CT molecular complexity index is 1220. The minimum absolute atomic E-state index is 0.0654. The van der Waals surface area contributed by atoms with Gasteiger partial charge in [-0.15, -0.1) is 11.3 Å². The third kappa shape index (κ3) is 4.79. The number of hydrogen-bond acceptors (Lipinski definition) is 7. The van der Waals surface area contributed by atoms with Crippen LogP contribution < -0.4 is 10.1 Å². The summed E-state index contributed by atoms with van der Waals surface area (Å²) in [6.07, 6.45) is 0. The second kappa shape index (κ2) is 9.55. The van der Waals surface area contributed by atoms with Crippen molar-refractivity contribution in [2.45, 2.75) is 4.90 Å². The van der Waals surface area contributed by atoms with Gasteiger partial charge in [0.05, 0.1) is 30.9 Å². The monoisotopic (exact) mass is 493 g/mol. The number of rotatable bonds is 6. The summed E-state index contributed by atoms with van der Waals surface area (Å²) in [5.41, 5.74) is 1.30. The molecule has 8 nitrogen and oxygen atoms in total. The number of halogens is 1. The fourth-order valence-corrected chi connectivity index (χ4v) is 5.54. The van der Waals surface area contributed by atoms with Crippen LogP contribution in [0.25, 0.3) is 10.6 Å². The molecule has 3 aromatic rings. The maximum atomic E-state index is 13.0. The summed E-state index contributed by atoms with van der Waals surface area (Å²) in [5.74, 6) is -0.131. The second-order valence-electron chi connectivity index (χ2n) is 6.88. The van der Waals surface area contributed by atoms with Gasteiger partial charge in [-0.05, 0) is 30.3 Å². The number of sulfonamides is 1. The number of hydrogen-bond donors (Lipinski definition) is 1. The van der Waals surface area contributed by atoms with Crippen LogP contribution in [0.5, 0.6) is 5.75 Å². The number of nitrogens with zero attached hydrogens (tertiary/aromatic N) is 2. The number of morpholine rings is 1. The first-order valence-electron chi connectivity index (χ1n) is 9.67. The van der Waals surface area contributed by atoms with Crippen LogP contribution in [0, 0.1) is 0 Å². The summed E-state index contributed by atoms with van der Waals surface area (Å²) in [6.45, 7) is 1.25. The highest BCUT2D eigenvalue weighted by atomic mass is 35.5. The van der Waals surface area contributed by atoms with Gasteiger partial charge in [0.2, 0.25) is 10.0 Å². The van der Waals surface area contributed by atoms with Gasteiger partial charge in [-0.3, -0.25) is 4.79 Å². The Kier molecular flexibility index (Phi) is 6.77. The molecular formula is C21H20ClN3O5S2. The van der Waals surface area contributed by atoms with Crippen molar-refractivity contribution in [1.82, 2.24) is 9.29 Å². The Morgan fingerprint density at radius 2 is 1.91 bits per heavy atom. The van der Waals surface area contributed by atoms with E-state index in [-0.39, 0.29) is 29.4 Å². The van der Waals surface area contributed by atoms with E-state index in [1.807, 2.05) is 12.1 Å².